The van der Waals surface area contributed by atoms with E-state index < -0.39 is 11.1 Å². The van der Waals surface area contributed by atoms with Gasteiger partial charge in [0.2, 0.25) is 0 Å². The lowest BCUT2D eigenvalue weighted by atomic mass is 10.1. The predicted octanol–water partition coefficient (Wildman–Crippen LogP) is 2.90. The van der Waals surface area contributed by atoms with Crippen LogP contribution in [0.2, 0.25) is 0 Å². The molecular formula is C12H12O2S. The Hall–Kier alpha value is -1.19. The summed E-state index contributed by atoms with van der Waals surface area (Å²) in [6.45, 7) is 2.29. The van der Waals surface area contributed by atoms with Gasteiger partial charge >= 0.3 is 0 Å². The van der Waals surface area contributed by atoms with Crippen LogP contribution in [-0.2, 0) is 15.3 Å². The molecule has 0 saturated carbocycles. The highest BCUT2D eigenvalue weighted by molar-refractivity contribution is 7.80. The molecule has 2 nitrogen and oxygen atoms in total. The van der Waals surface area contributed by atoms with Crippen molar-refractivity contribution in [3.8, 4) is 0 Å². The van der Waals surface area contributed by atoms with Gasteiger partial charge in [-0.15, -0.1) is 0 Å². The van der Waals surface area contributed by atoms with Crippen molar-refractivity contribution in [1.82, 2.24) is 0 Å². The van der Waals surface area contributed by atoms with Crippen LogP contribution in [0.25, 0.3) is 10.8 Å². The second-order valence-corrected chi connectivity index (χ2v) is 4.33. The number of rotatable bonds is 3. The first-order valence-electron chi connectivity index (χ1n) is 4.85. The Bertz CT molecular complexity index is 494. The van der Waals surface area contributed by atoms with Crippen molar-refractivity contribution in [1.29, 1.82) is 0 Å². The molecule has 0 radical (unpaired) electrons. The van der Waals surface area contributed by atoms with Gasteiger partial charge in [-0.25, -0.2) is 4.21 Å². The van der Waals surface area contributed by atoms with Crippen molar-refractivity contribution < 1.29 is 8.39 Å². The molecule has 2 rings (SSSR count). The topological polar surface area (TPSA) is 26.3 Å². The Labute approximate surface area is 91.5 Å². The molecule has 0 aliphatic rings. The first-order valence-corrected chi connectivity index (χ1v) is 5.92. The number of fused-ring (bicyclic) bond motifs is 1. The SMILES string of the molecule is CCO[S@@](=O)c1ccc2ccccc2c1. The van der Waals surface area contributed by atoms with Gasteiger partial charge in [0.1, 0.15) is 0 Å². The fraction of sp³-hybridized carbons (Fsp3) is 0.167. The Morgan fingerprint density at radius 3 is 2.60 bits per heavy atom. The van der Waals surface area contributed by atoms with E-state index in [1.54, 1.807) is 0 Å². The maximum atomic E-state index is 11.6. The Balaban J connectivity index is 2.42. The molecule has 0 heterocycles. The average molecular weight is 220 g/mol. The lowest BCUT2D eigenvalue weighted by molar-refractivity contribution is 0.371. The van der Waals surface area contributed by atoms with Gasteiger partial charge in [0, 0.05) is 0 Å². The van der Waals surface area contributed by atoms with E-state index in [1.165, 1.54) is 0 Å². The molecule has 0 aliphatic carbocycles. The molecule has 0 saturated heterocycles. The van der Waals surface area contributed by atoms with Crippen molar-refractivity contribution in [2.75, 3.05) is 6.61 Å². The van der Waals surface area contributed by atoms with Crippen LogP contribution in [-0.4, -0.2) is 10.8 Å². The minimum atomic E-state index is -1.34. The van der Waals surface area contributed by atoms with Crippen LogP contribution in [0, 0.1) is 0 Å². The van der Waals surface area contributed by atoms with Crippen LogP contribution < -0.4 is 0 Å². The molecule has 0 amide bonds. The zero-order valence-electron chi connectivity index (χ0n) is 8.47. The number of benzene rings is 2. The summed E-state index contributed by atoms with van der Waals surface area (Å²) in [6.07, 6.45) is 0. The van der Waals surface area contributed by atoms with E-state index in [0.29, 0.717) is 6.61 Å². The van der Waals surface area contributed by atoms with Gasteiger partial charge in [0.05, 0.1) is 11.5 Å². The third-order valence-corrected chi connectivity index (χ3v) is 3.23. The number of hydrogen-bond donors (Lipinski definition) is 0. The molecule has 0 aliphatic heterocycles. The lowest BCUT2D eigenvalue weighted by Crippen LogP contribution is -1.96. The van der Waals surface area contributed by atoms with Crippen molar-refractivity contribution >= 4 is 21.9 Å². The standard InChI is InChI=1S/C12H12O2S/c1-2-14-15(13)12-8-7-10-5-3-4-6-11(10)9-12/h3-9H,2H2,1H3/t15-/m1/s1. The van der Waals surface area contributed by atoms with E-state index in [4.69, 9.17) is 4.18 Å². The van der Waals surface area contributed by atoms with Crippen LogP contribution in [0.1, 0.15) is 6.92 Å². The summed E-state index contributed by atoms with van der Waals surface area (Å²) >= 11 is -1.34. The maximum Gasteiger partial charge on any atom is 0.189 e. The first-order chi connectivity index (χ1) is 7.31. The maximum absolute atomic E-state index is 11.6. The molecule has 0 fully saturated rings. The fourth-order valence-electron chi connectivity index (χ4n) is 1.45. The molecule has 15 heavy (non-hydrogen) atoms. The zero-order valence-corrected chi connectivity index (χ0v) is 9.29. The molecule has 2 aromatic rings. The minimum absolute atomic E-state index is 0.458. The summed E-state index contributed by atoms with van der Waals surface area (Å²) in [4.78, 5) is 0.718. The molecule has 3 heteroatoms. The van der Waals surface area contributed by atoms with E-state index in [9.17, 15) is 4.21 Å². The molecule has 2 aromatic carbocycles. The Morgan fingerprint density at radius 2 is 1.87 bits per heavy atom. The zero-order chi connectivity index (χ0) is 10.7. The molecule has 0 spiro atoms. The van der Waals surface area contributed by atoms with Crippen LogP contribution in [0.3, 0.4) is 0 Å². The molecule has 0 bridgehead atoms. The predicted molar refractivity (Wildman–Crippen MR) is 62.0 cm³/mol. The minimum Gasteiger partial charge on any atom is -0.287 e. The summed E-state index contributed by atoms with van der Waals surface area (Å²) in [5.41, 5.74) is 0. The van der Waals surface area contributed by atoms with Gasteiger partial charge in [0.15, 0.2) is 11.1 Å². The highest BCUT2D eigenvalue weighted by Gasteiger charge is 2.03. The van der Waals surface area contributed by atoms with E-state index in [1.807, 2.05) is 49.4 Å². The van der Waals surface area contributed by atoms with Gasteiger partial charge in [-0.1, -0.05) is 30.3 Å². The monoisotopic (exact) mass is 220 g/mol. The van der Waals surface area contributed by atoms with Crippen molar-refractivity contribution in [2.24, 2.45) is 0 Å². The van der Waals surface area contributed by atoms with E-state index in [-0.39, 0.29) is 0 Å². The van der Waals surface area contributed by atoms with E-state index in [0.717, 1.165) is 15.7 Å². The van der Waals surface area contributed by atoms with E-state index in [2.05, 4.69) is 0 Å². The average Bonchev–Trinajstić information content (AvgIpc) is 2.29. The highest BCUT2D eigenvalue weighted by Crippen LogP contribution is 2.18. The van der Waals surface area contributed by atoms with Crippen LogP contribution >= 0.6 is 0 Å². The van der Waals surface area contributed by atoms with Gasteiger partial charge in [-0.3, -0.25) is 4.18 Å². The third kappa shape index (κ3) is 2.25. The van der Waals surface area contributed by atoms with Gasteiger partial charge in [-0.05, 0) is 29.8 Å². The summed E-state index contributed by atoms with van der Waals surface area (Å²) < 4.78 is 16.6. The largest absolute Gasteiger partial charge is 0.287 e. The molecule has 0 unspecified atom stereocenters. The quantitative estimate of drug-likeness (QED) is 0.795. The summed E-state index contributed by atoms with van der Waals surface area (Å²) in [7, 11) is 0. The molecule has 78 valence electrons. The fourth-order valence-corrected chi connectivity index (χ4v) is 2.20. The van der Waals surface area contributed by atoms with Crippen molar-refractivity contribution in [3.63, 3.8) is 0 Å². The van der Waals surface area contributed by atoms with Gasteiger partial charge in [-0.2, -0.15) is 0 Å². The smallest absolute Gasteiger partial charge is 0.189 e. The van der Waals surface area contributed by atoms with Crippen LogP contribution in [0.15, 0.2) is 47.4 Å². The molecule has 0 N–H and O–H groups in total. The lowest BCUT2D eigenvalue weighted by Gasteiger charge is -2.02. The van der Waals surface area contributed by atoms with Gasteiger partial charge < -0.3 is 0 Å². The summed E-state index contributed by atoms with van der Waals surface area (Å²) in [5.74, 6) is 0. The van der Waals surface area contributed by atoms with Crippen molar-refractivity contribution in [3.05, 3.63) is 42.5 Å². The second-order valence-electron chi connectivity index (χ2n) is 3.15. The molecule has 0 aromatic heterocycles. The molecule has 1 atom stereocenters. The first kappa shape index (κ1) is 10.3. The Kier molecular flexibility index (Phi) is 3.14. The molecular weight excluding hydrogens is 208 g/mol. The summed E-state index contributed by atoms with van der Waals surface area (Å²) in [5, 5.41) is 2.23. The van der Waals surface area contributed by atoms with Gasteiger partial charge in [0.25, 0.3) is 0 Å². The van der Waals surface area contributed by atoms with Crippen molar-refractivity contribution in [2.45, 2.75) is 11.8 Å². The highest BCUT2D eigenvalue weighted by atomic mass is 32.2. The third-order valence-electron chi connectivity index (χ3n) is 2.14. The summed E-state index contributed by atoms with van der Waals surface area (Å²) in [6, 6.07) is 13.7. The number of hydrogen-bond acceptors (Lipinski definition) is 2. The normalized spacial score (nSPS) is 12.9. The van der Waals surface area contributed by atoms with E-state index >= 15 is 0 Å². The Morgan fingerprint density at radius 1 is 1.13 bits per heavy atom. The van der Waals surface area contributed by atoms with Crippen LogP contribution in [0.5, 0.6) is 0 Å². The van der Waals surface area contributed by atoms with Crippen LogP contribution in [0.4, 0.5) is 0 Å². The second kappa shape index (κ2) is 4.55.